The molecule has 0 aliphatic carbocycles. The van der Waals surface area contributed by atoms with E-state index in [1.165, 1.54) is 11.0 Å². The predicted octanol–water partition coefficient (Wildman–Crippen LogP) is 5.03. The number of nitrogens with zero attached hydrogens (tertiary/aromatic N) is 4. The standard InChI is InChI=1S/C27H21ClN4O5S/c1-4-12-37-26(36)24-15(3)30-27(38-24)32-21(16-8-7-9-17(28)13-16)19(23(34)25(32)35)22(33)20-14(2)29-18-10-5-6-11-31(18)20/h4-11,13,21,33H,1,12H2,2-3H3. The van der Waals surface area contributed by atoms with Gasteiger partial charge in [-0.2, -0.15) is 0 Å². The molecule has 1 amide bonds. The molecule has 9 nitrogen and oxygen atoms in total. The zero-order chi connectivity index (χ0) is 27.1. The van der Waals surface area contributed by atoms with E-state index in [2.05, 4.69) is 16.5 Å². The van der Waals surface area contributed by atoms with Gasteiger partial charge in [-0.15, -0.1) is 0 Å². The van der Waals surface area contributed by atoms with Gasteiger partial charge in [-0.1, -0.05) is 53.8 Å². The number of ether oxygens (including phenoxy) is 1. The van der Waals surface area contributed by atoms with Crippen LogP contribution in [-0.2, 0) is 14.3 Å². The van der Waals surface area contributed by atoms with E-state index in [0.717, 1.165) is 11.3 Å². The highest BCUT2D eigenvalue weighted by molar-refractivity contribution is 7.17. The highest BCUT2D eigenvalue weighted by atomic mass is 35.5. The monoisotopic (exact) mass is 548 g/mol. The molecule has 192 valence electrons. The van der Waals surface area contributed by atoms with E-state index in [1.54, 1.807) is 66.9 Å². The van der Waals surface area contributed by atoms with Gasteiger partial charge in [0.1, 0.15) is 22.8 Å². The van der Waals surface area contributed by atoms with E-state index in [4.69, 9.17) is 16.3 Å². The Labute approximate surface area is 226 Å². The molecule has 0 saturated carbocycles. The number of ketones is 1. The molecule has 1 aliphatic rings. The Hall–Kier alpha value is -4.28. The van der Waals surface area contributed by atoms with E-state index in [-0.39, 0.29) is 33.6 Å². The lowest BCUT2D eigenvalue weighted by molar-refractivity contribution is -0.132. The number of carbonyl (C=O) groups is 3. The number of halogens is 1. The molecule has 1 fully saturated rings. The fraction of sp³-hybridized carbons (Fsp3) is 0.148. The van der Waals surface area contributed by atoms with E-state index >= 15 is 0 Å². The summed E-state index contributed by atoms with van der Waals surface area (Å²) >= 11 is 7.19. The van der Waals surface area contributed by atoms with Gasteiger partial charge in [-0.3, -0.25) is 18.9 Å². The number of aryl methyl sites for hydroxylation is 2. The topological polar surface area (TPSA) is 114 Å². The number of aliphatic hydroxyl groups excluding tert-OH is 1. The summed E-state index contributed by atoms with van der Waals surface area (Å²) < 4.78 is 6.79. The summed E-state index contributed by atoms with van der Waals surface area (Å²) in [6.07, 6.45) is 3.15. The quantitative estimate of drug-likeness (QED) is 0.118. The van der Waals surface area contributed by atoms with Crippen molar-refractivity contribution in [2.75, 3.05) is 11.5 Å². The third kappa shape index (κ3) is 4.17. The number of amides is 1. The van der Waals surface area contributed by atoms with Crippen molar-refractivity contribution in [3.8, 4) is 0 Å². The van der Waals surface area contributed by atoms with E-state index in [0.29, 0.717) is 27.6 Å². The first-order chi connectivity index (χ1) is 18.2. The second-order valence-electron chi connectivity index (χ2n) is 8.50. The third-order valence-electron chi connectivity index (χ3n) is 6.05. The molecule has 5 rings (SSSR count). The van der Waals surface area contributed by atoms with Gasteiger partial charge >= 0.3 is 11.9 Å². The maximum Gasteiger partial charge on any atom is 0.350 e. The highest BCUT2D eigenvalue weighted by Gasteiger charge is 2.49. The summed E-state index contributed by atoms with van der Waals surface area (Å²) in [5, 5.41) is 12.1. The number of carbonyl (C=O) groups excluding carboxylic acids is 3. The van der Waals surface area contributed by atoms with Crippen LogP contribution in [0.25, 0.3) is 11.4 Å². The minimum atomic E-state index is -1.06. The number of rotatable bonds is 6. The summed E-state index contributed by atoms with van der Waals surface area (Å²) in [6, 6.07) is 10.9. The number of esters is 1. The number of aromatic nitrogens is 3. The van der Waals surface area contributed by atoms with Gasteiger partial charge in [-0.25, -0.2) is 14.8 Å². The van der Waals surface area contributed by atoms with Crippen LogP contribution in [0.5, 0.6) is 0 Å². The van der Waals surface area contributed by atoms with Crippen LogP contribution in [0.15, 0.2) is 66.9 Å². The summed E-state index contributed by atoms with van der Waals surface area (Å²) in [7, 11) is 0. The molecule has 38 heavy (non-hydrogen) atoms. The van der Waals surface area contributed by atoms with E-state index in [9.17, 15) is 19.5 Å². The Morgan fingerprint density at radius 3 is 2.71 bits per heavy atom. The number of aliphatic hydroxyl groups is 1. The third-order valence-corrected chi connectivity index (χ3v) is 7.42. The van der Waals surface area contributed by atoms with Crippen LogP contribution >= 0.6 is 22.9 Å². The van der Waals surface area contributed by atoms with Crippen molar-refractivity contribution in [1.29, 1.82) is 0 Å². The van der Waals surface area contributed by atoms with Crippen molar-refractivity contribution in [2.45, 2.75) is 19.9 Å². The van der Waals surface area contributed by atoms with Crippen LogP contribution in [0, 0.1) is 13.8 Å². The number of thiazole rings is 1. The number of imidazole rings is 1. The van der Waals surface area contributed by atoms with Crippen molar-refractivity contribution in [2.24, 2.45) is 0 Å². The fourth-order valence-electron chi connectivity index (χ4n) is 4.42. The van der Waals surface area contributed by atoms with Crippen molar-refractivity contribution in [3.05, 3.63) is 99.4 Å². The summed E-state index contributed by atoms with van der Waals surface area (Å²) in [4.78, 5) is 49.8. The molecule has 3 aromatic heterocycles. The predicted molar refractivity (Wildman–Crippen MR) is 143 cm³/mol. The maximum absolute atomic E-state index is 13.5. The Morgan fingerprint density at radius 2 is 1.97 bits per heavy atom. The number of hydrogen-bond donors (Lipinski definition) is 1. The fourth-order valence-corrected chi connectivity index (χ4v) is 5.61. The summed E-state index contributed by atoms with van der Waals surface area (Å²) in [5.41, 5.74) is 2.00. The molecule has 1 atom stereocenters. The molecular weight excluding hydrogens is 528 g/mol. The van der Waals surface area contributed by atoms with Crippen molar-refractivity contribution < 1.29 is 24.2 Å². The molecule has 11 heteroatoms. The second-order valence-corrected chi connectivity index (χ2v) is 9.91. The number of benzene rings is 1. The average molecular weight is 549 g/mol. The average Bonchev–Trinajstić information content (AvgIpc) is 3.52. The lowest BCUT2D eigenvalue weighted by Crippen LogP contribution is -2.29. The number of hydrogen-bond acceptors (Lipinski definition) is 8. The van der Waals surface area contributed by atoms with Crippen molar-refractivity contribution in [1.82, 2.24) is 14.4 Å². The number of fused-ring (bicyclic) bond motifs is 1. The molecule has 1 unspecified atom stereocenters. The minimum absolute atomic E-state index is 0.0111. The van der Waals surface area contributed by atoms with Gasteiger partial charge < -0.3 is 9.84 Å². The first-order valence-electron chi connectivity index (χ1n) is 11.5. The first-order valence-corrected chi connectivity index (χ1v) is 12.7. The molecule has 0 bridgehead atoms. The molecule has 1 aromatic carbocycles. The van der Waals surface area contributed by atoms with Crippen LogP contribution in [-0.4, -0.2) is 43.7 Å². The molecular formula is C27H21ClN4O5S. The zero-order valence-electron chi connectivity index (χ0n) is 20.3. The lowest BCUT2D eigenvalue weighted by atomic mass is 9.96. The van der Waals surface area contributed by atoms with E-state index < -0.39 is 23.7 Å². The summed E-state index contributed by atoms with van der Waals surface area (Å²) in [6.45, 7) is 6.86. The van der Waals surface area contributed by atoms with Crippen LogP contribution in [0.3, 0.4) is 0 Å². The van der Waals surface area contributed by atoms with Gasteiger partial charge in [-0.05, 0) is 43.7 Å². The van der Waals surface area contributed by atoms with Gasteiger partial charge in [0.2, 0.25) is 0 Å². The SMILES string of the molecule is C=CCOC(=O)c1sc(N2C(=O)C(=O)C(=C(O)c3c(C)nc4ccccn34)C2c2cccc(Cl)c2)nc1C. The molecule has 1 aliphatic heterocycles. The Bertz CT molecular complexity index is 1670. The summed E-state index contributed by atoms with van der Waals surface area (Å²) in [5.74, 6) is -2.81. The molecule has 0 spiro atoms. The normalized spacial score (nSPS) is 16.8. The number of anilines is 1. The number of Topliss-reactive ketones (excluding diaryl/α,β-unsaturated/α-hetero) is 1. The van der Waals surface area contributed by atoms with Crippen LogP contribution < -0.4 is 4.90 Å². The zero-order valence-corrected chi connectivity index (χ0v) is 21.9. The lowest BCUT2D eigenvalue weighted by Gasteiger charge is -2.23. The smallest absolute Gasteiger partial charge is 0.350 e. The second kappa shape index (κ2) is 9.88. The van der Waals surface area contributed by atoms with Gasteiger partial charge in [0.05, 0.1) is 23.0 Å². The van der Waals surface area contributed by atoms with E-state index in [1.807, 2.05) is 0 Å². The Kier molecular flexibility index (Phi) is 6.60. The van der Waals surface area contributed by atoms with Crippen LogP contribution in [0.4, 0.5) is 5.13 Å². The molecule has 1 saturated heterocycles. The maximum atomic E-state index is 13.5. The van der Waals surface area contributed by atoms with Gasteiger partial charge in [0, 0.05) is 11.2 Å². The van der Waals surface area contributed by atoms with Crippen LogP contribution in [0.2, 0.25) is 5.02 Å². The largest absolute Gasteiger partial charge is 0.505 e. The van der Waals surface area contributed by atoms with Gasteiger partial charge in [0.25, 0.3) is 5.78 Å². The Morgan fingerprint density at radius 1 is 1.18 bits per heavy atom. The van der Waals surface area contributed by atoms with Crippen molar-refractivity contribution in [3.63, 3.8) is 0 Å². The van der Waals surface area contributed by atoms with Crippen LogP contribution in [0.1, 0.15) is 38.4 Å². The molecule has 0 radical (unpaired) electrons. The number of pyridine rings is 1. The highest BCUT2D eigenvalue weighted by Crippen LogP contribution is 2.44. The molecule has 4 heterocycles. The Balaban J connectivity index is 1.72. The minimum Gasteiger partial charge on any atom is -0.505 e. The first kappa shape index (κ1) is 25.4. The molecule has 1 N–H and O–H groups in total. The molecule has 4 aromatic rings. The van der Waals surface area contributed by atoms with Gasteiger partial charge in [0.15, 0.2) is 10.9 Å². The van der Waals surface area contributed by atoms with Crippen molar-refractivity contribution >= 4 is 57.1 Å².